The molecule has 2 atom stereocenters. The van der Waals surface area contributed by atoms with Crippen molar-refractivity contribution in [2.24, 2.45) is 5.11 Å². The molecule has 0 aromatic heterocycles. The summed E-state index contributed by atoms with van der Waals surface area (Å²) >= 11 is 0. The van der Waals surface area contributed by atoms with Crippen molar-refractivity contribution in [2.75, 3.05) is 6.54 Å². The first-order chi connectivity index (χ1) is 11.0. The van der Waals surface area contributed by atoms with E-state index >= 15 is 0 Å². The smallest absolute Gasteiger partial charge is 0.408 e. The minimum atomic E-state index is -1.24. The van der Waals surface area contributed by atoms with E-state index in [0.717, 1.165) is 5.56 Å². The summed E-state index contributed by atoms with van der Waals surface area (Å²) in [5.41, 5.74) is 8.91. The maximum Gasteiger partial charge on any atom is 0.408 e. The van der Waals surface area contributed by atoms with Gasteiger partial charge in [-0.1, -0.05) is 35.4 Å². The van der Waals surface area contributed by atoms with Gasteiger partial charge in [0.2, 0.25) is 0 Å². The Hall–Kier alpha value is -2.77. The van der Waals surface area contributed by atoms with Crippen LogP contribution in [0.1, 0.15) is 18.4 Å². The minimum Gasteiger partial charge on any atom is -0.480 e. The number of carbonyl (C=O) groups excluding carboxylic acids is 1. The van der Waals surface area contributed by atoms with Gasteiger partial charge in [0.1, 0.15) is 12.6 Å². The van der Waals surface area contributed by atoms with Gasteiger partial charge in [0.15, 0.2) is 0 Å². The molecule has 0 fully saturated rings. The van der Waals surface area contributed by atoms with Gasteiger partial charge in [-0.15, -0.1) is 0 Å². The van der Waals surface area contributed by atoms with E-state index in [2.05, 4.69) is 15.3 Å². The highest BCUT2D eigenvalue weighted by atomic mass is 16.5. The summed E-state index contributed by atoms with van der Waals surface area (Å²) in [6.07, 6.45) is -1.77. The molecule has 3 N–H and O–H groups in total. The van der Waals surface area contributed by atoms with Crippen molar-refractivity contribution in [3.05, 3.63) is 46.3 Å². The number of aliphatic hydroxyl groups excluding tert-OH is 1. The molecule has 124 valence electrons. The monoisotopic (exact) mass is 322 g/mol. The Balaban J connectivity index is 2.40. The number of carbonyl (C=O) groups is 2. The summed E-state index contributed by atoms with van der Waals surface area (Å²) in [5.74, 6) is -1.24. The van der Waals surface area contributed by atoms with E-state index in [9.17, 15) is 14.7 Å². The maximum atomic E-state index is 11.6. The Morgan fingerprint density at radius 1 is 1.30 bits per heavy atom. The SMILES string of the molecule is [N-]=[N+]=NC[C@@H](O)CC[C@H](NC(=O)OCc1ccccc1)C(=O)O. The molecular formula is C14H18N4O5. The van der Waals surface area contributed by atoms with E-state index in [1.807, 2.05) is 6.07 Å². The van der Waals surface area contributed by atoms with Crippen LogP contribution in [0.25, 0.3) is 10.4 Å². The molecule has 0 spiro atoms. The van der Waals surface area contributed by atoms with E-state index in [-0.39, 0.29) is 26.0 Å². The van der Waals surface area contributed by atoms with Crippen LogP contribution in [0.5, 0.6) is 0 Å². The first kappa shape index (κ1) is 18.3. The van der Waals surface area contributed by atoms with E-state index in [1.54, 1.807) is 24.3 Å². The molecule has 1 rings (SSSR count). The highest BCUT2D eigenvalue weighted by Crippen LogP contribution is 2.05. The highest BCUT2D eigenvalue weighted by molar-refractivity contribution is 5.79. The normalized spacial score (nSPS) is 12.6. The number of ether oxygens (including phenoxy) is 1. The topological polar surface area (TPSA) is 145 Å². The minimum absolute atomic E-state index is 0.0160. The highest BCUT2D eigenvalue weighted by Gasteiger charge is 2.21. The van der Waals surface area contributed by atoms with Crippen LogP contribution >= 0.6 is 0 Å². The van der Waals surface area contributed by atoms with Crippen molar-refractivity contribution in [3.8, 4) is 0 Å². The number of rotatable bonds is 9. The summed E-state index contributed by atoms with van der Waals surface area (Å²) in [7, 11) is 0. The molecule has 0 aliphatic heterocycles. The number of nitrogens with zero attached hydrogens (tertiary/aromatic N) is 3. The van der Waals surface area contributed by atoms with E-state index in [1.165, 1.54) is 0 Å². The molecule has 9 heteroatoms. The fourth-order valence-electron chi connectivity index (χ4n) is 1.75. The second-order valence-electron chi connectivity index (χ2n) is 4.74. The predicted octanol–water partition coefficient (Wildman–Crippen LogP) is 1.82. The number of carboxylic acid groups (broad SMARTS) is 1. The van der Waals surface area contributed by atoms with Crippen molar-refractivity contribution in [1.29, 1.82) is 0 Å². The first-order valence-corrected chi connectivity index (χ1v) is 6.92. The van der Waals surface area contributed by atoms with Crippen molar-refractivity contribution in [2.45, 2.75) is 31.6 Å². The van der Waals surface area contributed by atoms with Crippen molar-refractivity contribution in [1.82, 2.24) is 5.32 Å². The van der Waals surface area contributed by atoms with Gasteiger partial charge < -0.3 is 20.3 Å². The molecule has 0 saturated carbocycles. The lowest BCUT2D eigenvalue weighted by atomic mass is 10.1. The lowest BCUT2D eigenvalue weighted by Gasteiger charge is -2.16. The summed E-state index contributed by atoms with van der Waals surface area (Å²) in [4.78, 5) is 25.2. The number of hydrogen-bond acceptors (Lipinski definition) is 5. The third kappa shape index (κ3) is 7.70. The molecule has 9 nitrogen and oxygen atoms in total. The molecule has 1 aromatic rings. The van der Waals surface area contributed by atoms with Gasteiger partial charge in [0, 0.05) is 4.91 Å². The molecule has 0 aliphatic rings. The molecule has 1 aromatic carbocycles. The van der Waals surface area contributed by atoms with Crippen LogP contribution in [0, 0.1) is 0 Å². The Bertz CT molecular complexity index is 560. The zero-order chi connectivity index (χ0) is 17.1. The zero-order valence-corrected chi connectivity index (χ0v) is 12.3. The average Bonchev–Trinajstić information content (AvgIpc) is 2.55. The molecule has 0 bridgehead atoms. The van der Waals surface area contributed by atoms with Gasteiger partial charge in [-0.05, 0) is 23.9 Å². The number of aliphatic hydroxyl groups is 1. The number of aliphatic carboxylic acids is 1. The number of alkyl carbamates (subject to hydrolysis) is 1. The number of azide groups is 1. The lowest BCUT2D eigenvalue weighted by molar-refractivity contribution is -0.139. The number of nitrogens with one attached hydrogen (secondary N) is 1. The summed E-state index contributed by atoms with van der Waals surface area (Å²) in [5, 5.41) is 24.0. The Morgan fingerprint density at radius 2 is 2.00 bits per heavy atom. The Labute approximate surface area is 132 Å². The number of benzene rings is 1. The Morgan fingerprint density at radius 3 is 2.61 bits per heavy atom. The van der Waals surface area contributed by atoms with E-state index in [0.29, 0.717) is 0 Å². The van der Waals surface area contributed by atoms with Gasteiger partial charge in [-0.3, -0.25) is 0 Å². The fourth-order valence-corrected chi connectivity index (χ4v) is 1.75. The third-order valence-electron chi connectivity index (χ3n) is 2.95. The van der Waals surface area contributed by atoms with Crippen molar-refractivity contribution >= 4 is 12.1 Å². The van der Waals surface area contributed by atoms with E-state index < -0.39 is 24.2 Å². The average molecular weight is 322 g/mol. The van der Waals surface area contributed by atoms with Gasteiger partial charge in [0.05, 0.1) is 12.6 Å². The van der Waals surface area contributed by atoms with Crippen LogP contribution in [-0.2, 0) is 16.1 Å². The van der Waals surface area contributed by atoms with E-state index in [4.69, 9.17) is 15.4 Å². The second kappa shape index (κ2) is 10.0. The maximum absolute atomic E-state index is 11.6. The van der Waals surface area contributed by atoms with Crippen molar-refractivity contribution < 1.29 is 24.5 Å². The molecular weight excluding hydrogens is 304 g/mol. The first-order valence-electron chi connectivity index (χ1n) is 6.92. The number of carboxylic acids is 1. The fraction of sp³-hybridized carbons (Fsp3) is 0.429. The third-order valence-corrected chi connectivity index (χ3v) is 2.95. The van der Waals surface area contributed by atoms with Gasteiger partial charge >= 0.3 is 12.1 Å². The largest absolute Gasteiger partial charge is 0.480 e. The Kier molecular flexibility index (Phi) is 7.98. The molecule has 0 heterocycles. The van der Waals surface area contributed by atoms with Crippen LogP contribution in [0.15, 0.2) is 35.4 Å². The van der Waals surface area contributed by atoms with Crippen LogP contribution in [0.2, 0.25) is 0 Å². The molecule has 1 amide bonds. The molecule has 0 radical (unpaired) electrons. The molecule has 0 unspecified atom stereocenters. The summed E-state index contributed by atoms with van der Waals surface area (Å²) < 4.78 is 4.94. The lowest BCUT2D eigenvalue weighted by Crippen LogP contribution is -2.41. The molecule has 0 aliphatic carbocycles. The van der Waals surface area contributed by atoms with Crippen LogP contribution in [-0.4, -0.2) is 41.0 Å². The molecule has 23 heavy (non-hydrogen) atoms. The van der Waals surface area contributed by atoms with Gasteiger partial charge in [0.25, 0.3) is 0 Å². The van der Waals surface area contributed by atoms with Gasteiger partial charge in [-0.2, -0.15) is 0 Å². The van der Waals surface area contributed by atoms with Crippen LogP contribution < -0.4 is 5.32 Å². The quantitative estimate of drug-likeness (QED) is 0.360. The number of amides is 1. The standard InChI is InChI=1S/C14H18N4O5/c15-18-16-8-11(19)6-7-12(13(20)21)17-14(22)23-9-10-4-2-1-3-5-10/h1-5,11-12,19H,6-9H2,(H,17,22)(H,20,21)/t11-,12-/m0/s1. The summed E-state index contributed by atoms with van der Waals surface area (Å²) in [6, 6.07) is 7.76. The molecule has 0 saturated heterocycles. The van der Waals surface area contributed by atoms with Gasteiger partial charge in [-0.25, -0.2) is 9.59 Å². The summed E-state index contributed by atoms with van der Waals surface area (Å²) in [6.45, 7) is -0.125. The number of hydrogen-bond donors (Lipinski definition) is 3. The predicted molar refractivity (Wildman–Crippen MR) is 80.4 cm³/mol. The van der Waals surface area contributed by atoms with Crippen LogP contribution in [0.4, 0.5) is 4.79 Å². The second-order valence-corrected chi connectivity index (χ2v) is 4.74. The zero-order valence-electron chi connectivity index (χ0n) is 12.3. The van der Waals surface area contributed by atoms with Crippen LogP contribution in [0.3, 0.4) is 0 Å². The van der Waals surface area contributed by atoms with Crippen molar-refractivity contribution in [3.63, 3.8) is 0 Å².